The van der Waals surface area contributed by atoms with Crippen LogP contribution in [0.2, 0.25) is 0 Å². The van der Waals surface area contributed by atoms with Gasteiger partial charge in [0.2, 0.25) is 5.91 Å². The Morgan fingerprint density at radius 3 is 2.74 bits per heavy atom. The number of nitrogens with one attached hydrogen (secondary N) is 2. The number of likely N-dealkylation sites (N-methyl/N-ethyl adjacent to an activating group) is 1. The lowest BCUT2D eigenvalue weighted by Crippen LogP contribution is -2.63. The van der Waals surface area contributed by atoms with Crippen molar-refractivity contribution in [2.45, 2.75) is 63.7 Å². The van der Waals surface area contributed by atoms with E-state index < -0.39 is 5.54 Å². The molecule has 0 aromatic carbocycles. The maximum absolute atomic E-state index is 13.1. The van der Waals surface area contributed by atoms with E-state index in [0.29, 0.717) is 12.2 Å². The minimum atomic E-state index is -1.07. The molecule has 1 fully saturated rings. The molecule has 9 nitrogen and oxygen atoms in total. The summed E-state index contributed by atoms with van der Waals surface area (Å²) >= 11 is 0. The molecule has 0 bridgehead atoms. The molecule has 9 heteroatoms. The zero-order valence-corrected chi connectivity index (χ0v) is 17.9. The molecule has 31 heavy (non-hydrogen) atoms. The Morgan fingerprint density at radius 1 is 1.26 bits per heavy atom. The Balaban J connectivity index is 1.48. The molecular weight excluding hydrogens is 396 g/mol. The Morgan fingerprint density at radius 2 is 2.03 bits per heavy atom. The smallest absolute Gasteiger partial charge is 0.272 e. The van der Waals surface area contributed by atoms with Gasteiger partial charge in [0.1, 0.15) is 11.2 Å². The first-order chi connectivity index (χ1) is 14.9. The van der Waals surface area contributed by atoms with E-state index >= 15 is 0 Å². The molecular formula is C22H28N6O3. The van der Waals surface area contributed by atoms with Gasteiger partial charge in [-0.1, -0.05) is 25.3 Å². The average Bonchev–Trinajstić information content (AvgIpc) is 3.21. The summed E-state index contributed by atoms with van der Waals surface area (Å²) in [6.45, 7) is 2.25. The molecule has 2 aliphatic rings. The van der Waals surface area contributed by atoms with Gasteiger partial charge in [0, 0.05) is 38.1 Å². The molecule has 0 saturated heterocycles. The van der Waals surface area contributed by atoms with Crippen molar-refractivity contribution < 1.29 is 14.4 Å². The van der Waals surface area contributed by atoms with Gasteiger partial charge in [0.05, 0.1) is 6.54 Å². The fourth-order valence-electron chi connectivity index (χ4n) is 4.20. The molecule has 0 radical (unpaired) electrons. The van der Waals surface area contributed by atoms with Crippen molar-refractivity contribution in [3.05, 3.63) is 47.5 Å². The summed E-state index contributed by atoms with van der Waals surface area (Å²) in [6.07, 6.45) is 8.69. The Hall–Kier alpha value is -3.23. The number of carbonyl (C=O) groups is 3. The van der Waals surface area contributed by atoms with Gasteiger partial charge in [-0.25, -0.2) is 0 Å². The van der Waals surface area contributed by atoms with Gasteiger partial charge in [-0.05, 0) is 31.4 Å². The third-order valence-corrected chi connectivity index (χ3v) is 6.34. The highest BCUT2D eigenvalue weighted by Crippen LogP contribution is 2.27. The summed E-state index contributed by atoms with van der Waals surface area (Å²) < 4.78 is 1.47. The van der Waals surface area contributed by atoms with Crippen LogP contribution in [0, 0.1) is 0 Å². The predicted octanol–water partition coefficient (Wildman–Crippen LogP) is 1.50. The predicted molar refractivity (Wildman–Crippen MR) is 113 cm³/mol. The topological polar surface area (TPSA) is 109 Å². The van der Waals surface area contributed by atoms with Gasteiger partial charge in [-0.3, -0.25) is 24.0 Å². The standard InChI is InChI=1S/C22H28N6O3/c1-22(21(31)25-16-8-4-3-5-9-16)14-28-18(20(30)27(22)2)11-17(26-28)19(29)24-13-15-7-6-10-23-12-15/h6-7,10-12,16H,3-5,8-9,13-14H2,1-2H3,(H,24,29)(H,25,31). The molecule has 0 spiro atoms. The first-order valence-electron chi connectivity index (χ1n) is 10.7. The van der Waals surface area contributed by atoms with Crippen LogP contribution in [0.15, 0.2) is 30.6 Å². The van der Waals surface area contributed by atoms with Crippen molar-refractivity contribution in [3.8, 4) is 0 Å². The molecule has 1 unspecified atom stereocenters. The van der Waals surface area contributed by atoms with Crippen LogP contribution in [-0.2, 0) is 17.9 Å². The molecule has 3 amide bonds. The number of hydrogen-bond acceptors (Lipinski definition) is 5. The zero-order valence-electron chi connectivity index (χ0n) is 17.9. The number of rotatable bonds is 5. The van der Waals surface area contributed by atoms with Crippen LogP contribution in [0.5, 0.6) is 0 Å². The second-order valence-electron chi connectivity index (χ2n) is 8.56. The molecule has 4 rings (SSSR count). The third-order valence-electron chi connectivity index (χ3n) is 6.34. The second kappa shape index (κ2) is 8.49. The second-order valence-corrected chi connectivity index (χ2v) is 8.56. The SMILES string of the molecule is CN1C(=O)c2cc(C(=O)NCc3cccnc3)nn2CC1(C)C(=O)NC1CCCCC1. The molecule has 1 atom stereocenters. The lowest BCUT2D eigenvalue weighted by Gasteiger charge is -2.41. The van der Waals surface area contributed by atoms with Gasteiger partial charge in [-0.15, -0.1) is 0 Å². The van der Waals surface area contributed by atoms with Crippen LogP contribution in [0.25, 0.3) is 0 Å². The summed E-state index contributed by atoms with van der Waals surface area (Å²) in [4.78, 5) is 44.2. The molecule has 2 aromatic rings. The van der Waals surface area contributed by atoms with Crippen molar-refractivity contribution in [1.82, 2.24) is 30.3 Å². The summed E-state index contributed by atoms with van der Waals surface area (Å²) in [6, 6.07) is 5.29. The number of aromatic nitrogens is 3. The van der Waals surface area contributed by atoms with Gasteiger partial charge in [0.25, 0.3) is 11.8 Å². The van der Waals surface area contributed by atoms with Gasteiger partial charge >= 0.3 is 0 Å². The number of pyridine rings is 1. The fraction of sp³-hybridized carbons (Fsp3) is 0.500. The van der Waals surface area contributed by atoms with E-state index in [-0.39, 0.29) is 36.0 Å². The normalized spacial score (nSPS) is 21.5. The number of hydrogen-bond donors (Lipinski definition) is 2. The highest BCUT2D eigenvalue weighted by molar-refractivity contribution is 6.01. The zero-order chi connectivity index (χ0) is 22.0. The lowest BCUT2D eigenvalue weighted by atomic mass is 9.92. The minimum absolute atomic E-state index is 0.148. The van der Waals surface area contributed by atoms with E-state index in [1.54, 1.807) is 32.4 Å². The molecule has 1 aliphatic heterocycles. The van der Waals surface area contributed by atoms with Crippen molar-refractivity contribution in [2.75, 3.05) is 7.05 Å². The van der Waals surface area contributed by atoms with Crippen molar-refractivity contribution in [1.29, 1.82) is 0 Å². The van der Waals surface area contributed by atoms with Crippen LogP contribution in [0.3, 0.4) is 0 Å². The average molecular weight is 425 g/mol. The molecule has 3 heterocycles. The Bertz CT molecular complexity index is 982. The largest absolute Gasteiger partial charge is 0.351 e. The number of amides is 3. The molecule has 1 aliphatic carbocycles. The van der Waals surface area contributed by atoms with E-state index in [2.05, 4.69) is 20.7 Å². The quantitative estimate of drug-likeness (QED) is 0.756. The van der Waals surface area contributed by atoms with Crippen molar-refractivity contribution in [3.63, 3.8) is 0 Å². The van der Waals surface area contributed by atoms with Crippen LogP contribution < -0.4 is 10.6 Å². The maximum atomic E-state index is 13.1. The number of carbonyl (C=O) groups excluding carboxylic acids is 3. The molecule has 2 N–H and O–H groups in total. The van der Waals surface area contributed by atoms with E-state index in [1.165, 1.54) is 22.1 Å². The molecule has 1 saturated carbocycles. The van der Waals surface area contributed by atoms with E-state index in [0.717, 1.165) is 31.2 Å². The summed E-state index contributed by atoms with van der Waals surface area (Å²) in [7, 11) is 1.63. The first-order valence-corrected chi connectivity index (χ1v) is 10.7. The summed E-state index contributed by atoms with van der Waals surface area (Å²) in [5.41, 5.74) is 0.244. The third kappa shape index (κ3) is 4.17. The highest BCUT2D eigenvalue weighted by atomic mass is 16.2. The fourth-order valence-corrected chi connectivity index (χ4v) is 4.20. The monoisotopic (exact) mass is 424 g/mol. The Kier molecular flexibility index (Phi) is 5.75. The van der Waals surface area contributed by atoms with E-state index in [9.17, 15) is 14.4 Å². The first kappa shape index (κ1) is 21.0. The van der Waals surface area contributed by atoms with Gasteiger partial charge in [-0.2, -0.15) is 5.10 Å². The van der Waals surface area contributed by atoms with E-state index in [4.69, 9.17) is 0 Å². The van der Waals surface area contributed by atoms with Crippen molar-refractivity contribution >= 4 is 17.7 Å². The van der Waals surface area contributed by atoms with Gasteiger partial charge in [0.15, 0.2) is 5.69 Å². The number of fused-ring (bicyclic) bond motifs is 1. The molecule has 2 aromatic heterocycles. The summed E-state index contributed by atoms with van der Waals surface area (Å²) in [5.74, 6) is -0.889. The summed E-state index contributed by atoms with van der Waals surface area (Å²) in [5, 5.41) is 10.2. The maximum Gasteiger partial charge on any atom is 0.272 e. The highest BCUT2D eigenvalue weighted by Gasteiger charge is 2.46. The van der Waals surface area contributed by atoms with E-state index in [1.807, 2.05) is 6.07 Å². The lowest BCUT2D eigenvalue weighted by molar-refractivity contribution is -0.133. The van der Waals surface area contributed by atoms with Crippen LogP contribution in [-0.4, -0.2) is 56.0 Å². The number of nitrogens with zero attached hydrogens (tertiary/aromatic N) is 4. The van der Waals surface area contributed by atoms with Crippen LogP contribution >= 0.6 is 0 Å². The Labute approximate surface area is 181 Å². The van der Waals surface area contributed by atoms with Crippen LogP contribution in [0.4, 0.5) is 0 Å². The van der Waals surface area contributed by atoms with Gasteiger partial charge < -0.3 is 15.5 Å². The molecule has 164 valence electrons. The minimum Gasteiger partial charge on any atom is -0.351 e. The van der Waals surface area contributed by atoms with Crippen molar-refractivity contribution in [2.24, 2.45) is 0 Å². The van der Waals surface area contributed by atoms with Crippen LogP contribution in [0.1, 0.15) is 65.6 Å².